The number of carbonyl (C=O) groups excluding carboxylic acids is 2. The molecule has 0 fully saturated rings. The zero-order valence-electron chi connectivity index (χ0n) is 12.8. The topological polar surface area (TPSA) is 91.9 Å². The van der Waals surface area contributed by atoms with Crippen LogP contribution in [0.25, 0.3) is 0 Å². The minimum absolute atomic E-state index is 0.0241. The van der Waals surface area contributed by atoms with Crippen molar-refractivity contribution < 1.29 is 9.59 Å². The van der Waals surface area contributed by atoms with Crippen molar-refractivity contribution in [3.8, 4) is 0 Å². The van der Waals surface area contributed by atoms with Crippen molar-refractivity contribution in [2.24, 2.45) is 0 Å². The Morgan fingerprint density at radius 1 is 1.26 bits per heavy atom. The van der Waals surface area contributed by atoms with Gasteiger partial charge in [0.25, 0.3) is 5.56 Å². The summed E-state index contributed by atoms with van der Waals surface area (Å²) in [4.78, 5) is 41.5. The van der Waals surface area contributed by atoms with E-state index in [0.717, 1.165) is 0 Å². The Hall–Kier alpha value is -2.41. The van der Waals surface area contributed by atoms with E-state index in [1.807, 2.05) is 6.92 Å². The van der Waals surface area contributed by atoms with Gasteiger partial charge in [-0.2, -0.15) is 0 Å². The number of Topliss-reactive ketones (excluding diaryl/α,β-unsaturated/α-hetero) is 1. The summed E-state index contributed by atoms with van der Waals surface area (Å²) in [7, 11) is 0. The summed E-state index contributed by atoms with van der Waals surface area (Å²) >= 11 is 1.21. The number of hydrogen-bond donors (Lipinski definition) is 2. The first kappa shape index (κ1) is 17.0. The SMILES string of the molecule is CCC(Sc1nccc(=O)[nH]1)C(=O)Nc1ccc(C(C)=O)cc1. The van der Waals surface area contributed by atoms with Crippen molar-refractivity contribution in [1.29, 1.82) is 0 Å². The molecule has 0 aliphatic carbocycles. The van der Waals surface area contributed by atoms with Crippen LogP contribution in [0.3, 0.4) is 0 Å². The lowest BCUT2D eigenvalue weighted by molar-refractivity contribution is -0.115. The molecule has 2 aromatic rings. The van der Waals surface area contributed by atoms with Crippen molar-refractivity contribution in [3.05, 3.63) is 52.4 Å². The van der Waals surface area contributed by atoms with E-state index < -0.39 is 0 Å². The summed E-state index contributed by atoms with van der Waals surface area (Å²) in [6.45, 7) is 3.38. The summed E-state index contributed by atoms with van der Waals surface area (Å²) in [6, 6.07) is 8.04. The van der Waals surface area contributed by atoms with Gasteiger partial charge in [0.1, 0.15) is 0 Å². The van der Waals surface area contributed by atoms with E-state index in [4.69, 9.17) is 0 Å². The Bertz CT molecular complexity index is 756. The van der Waals surface area contributed by atoms with Crippen LogP contribution >= 0.6 is 11.8 Å². The number of thioether (sulfide) groups is 1. The molecule has 1 aromatic heterocycles. The predicted octanol–water partition coefficient (Wildman–Crippen LogP) is 2.48. The molecule has 0 aliphatic heterocycles. The summed E-state index contributed by atoms with van der Waals surface area (Å²) in [5.74, 6) is -0.205. The highest BCUT2D eigenvalue weighted by molar-refractivity contribution is 8.00. The Balaban J connectivity index is 2.04. The van der Waals surface area contributed by atoms with Crippen LogP contribution in [-0.2, 0) is 4.79 Å². The lowest BCUT2D eigenvalue weighted by Gasteiger charge is -2.14. The van der Waals surface area contributed by atoms with E-state index in [1.165, 1.54) is 30.9 Å². The zero-order valence-corrected chi connectivity index (χ0v) is 13.6. The Morgan fingerprint density at radius 2 is 1.96 bits per heavy atom. The lowest BCUT2D eigenvalue weighted by Crippen LogP contribution is -2.25. The summed E-state index contributed by atoms with van der Waals surface area (Å²) < 4.78 is 0. The quantitative estimate of drug-likeness (QED) is 0.482. The van der Waals surface area contributed by atoms with E-state index in [1.54, 1.807) is 24.3 Å². The molecule has 1 amide bonds. The van der Waals surface area contributed by atoms with Gasteiger partial charge in [-0.05, 0) is 37.6 Å². The minimum atomic E-state index is -0.381. The van der Waals surface area contributed by atoms with Crippen LogP contribution in [0.5, 0.6) is 0 Å². The highest BCUT2D eigenvalue weighted by Gasteiger charge is 2.19. The molecule has 0 saturated carbocycles. The average Bonchev–Trinajstić information content (AvgIpc) is 2.53. The van der Waals surface area contributed by atoms with Gasteiger partial charge in [0.2, 0.25) is 5.91 Å². The van der Waals surface area contributed by atoms with Crippen molar-refractivity contribution in [3.63, 3.8) is 0 Å². The first-order valence-electron chi connectivity index (χ1n) is 7.13. The molecular formula is C16H17N3O3S. The Kier molecular flexibility index (Phi) is 5.70. The Labute approximate surface area is 137 Å². The molecular weight excluding hydrogens is 314 g/mol. The van der Waals surface area contributed by atoms with Crippen LogP contribution in [0.15, 0.2) is 46.5 Å². The van der Waals surface area contributed by atoms with Crippen LogP contribution in [-0.4, -0.2) is 26.9 Å². The number of aromatic amines is 1. The molecule has 6 nitrogen and oxygen atoms in total. The van der Waals surface area contributed by atoms with Crippen LogP contribution in [0.4, 0.5) is 5.69 Å². The first-order valence-corrected chi connectivity index (χ1v) is 8.01. The molecule has 7 heteroatoms. The third-order valence-corrected chi connectivity index (χ3v) is 4.39. The molecule has 1 aromatic carbocycles. The third-order valence-electron chi connectivity index (χ3n) is 3.12. The second kappa shape index (κ2) is 7.73. The maximum atomic E-state index is 12.3. The molecule has 2 rings (SSSR count). The van der Waals surface area contributed by atoms with Gasteiger partial charge in [0, 0.05) is 23.5 Å². The number of rotatable bonds is 6. The van der Waals surface area contributed by atoms with Crippen molar-refractivity contribution in [2.45, 2.75) is 30.7 Å². The van der Waals surface area contributed by atoms with E-state index in [-0.39, 0.29) is 22.5 Å². The number of ketones is 1. The predicted molar refractivity (Wildman–Crippen MR) is 89.9 cm³/mol. The fourth-order valence-corrected chi connectivity index (χ4v) is 2.76. The van der Waals surface area contributed by atoms with Crippen molar-refractivity contribution in [2.75, 3.05) is 5.32 Å². The van der Waals surface area contributed by atoms with Gasteiger partial charge in [-0.1, -0.05) is 18.7 Å². The zero-order chi connectivity index (χ0) is 16.8. The highest BCUT2D eigenvalue weighted by Crippen LogP contribution is 2.22. The van der Waals surface area contributed by atoms with Crippen molar-refractivity contribution in [1.82, 2.24) is 9.97 Å². The molecule has 0 bridgehead atoms. The van der Waals surface area contributed by atoms with Crippen LogP contribution < -0.4 is 10.9 Å². The fourth-order valence-electron chi connectivity index (χ4n) is 1.88. The number of nitrogens with one attached hydrogen (secondary N) is 2. The van der Waals surface area contributed by atoms with Gasteiger partial charge >= 0.3 is 0 Å². The number of nitrogens with zero attached hydrogens (tertiary/aromatic N) is 1. The van der Waals surface area contributed by atoms with E-state index in [9.17, 15) is 14.4 Å². The van der Waals surface area contributed by atoms with E-state index in [0.29, 0.717) is 22.8 Å². The highest BCUT2D eigenvalue weighted by atomic mass is 32.2. The molecule has 0 spiro atoms. The van der Waals surface area contributed by atoms with Gasteiger partial charge in [-0.25, -0.2) is 4.98 Å². The second-order valence-electron chi connectivity index (χ2n) is 4.88. The summed E-state index contributed by atoms with van der Waals surface area (Å²) in [6.07, 6.45) is 1.99. The standard InChI is InChI=1S/C16H17N3O3S/c1-3-13(23-16-17-9-8-14(21)19-16)15(22)18-12-6-4-11(5-7-12)10(2)20/h4-9,13H,3H2,1-2H3,(H,18,22)(H,17,19,21). The fraction of sp³-hybridized carbons (Fsp3) is 0.250. The number of hydrogen-bond acceptors (Lipinski definition) is 5. The van der Waals surface area contributed by atoms with Gasteiger partial charge in [0.05, 0.1) is 5.25 Å². The molecule has 120 valence electrons. The second-order valence-corrected chi connectivity index (χ2v) is 6.07. The number of H-pyrrole nitrogens is 1. The molecule has 1 atom stereocenters. The first-order chi connectivity index (χ1) is 11.0. The summed E-state index contributed by atoms with van der Waals surface area (Å²) in [5.41, 5.74) is 0.960. The van der Waals surface area contributed by atoms with Crippen molar-refractivity contribution >= 4 is 29.1 Å². The van der Waals surface area contributed by atoms with Gasteiger partial charge < -0.3 is 10.3 Å². The molecule has 0 aliphatic rings. The molecule has 2 N–H and O–H groups in total. The number of aromatic nitrogens is 2. The maximum absolute atomic E-state index is 12.3. The number of carbonyl (C=O) groups is 2. The Morgan fingerprint density at radius 3 is 2.52 bits per heavy atom. The largest absolute Gasteiger partial charge is 0.325 e. The smallest absolute Gasteiger partial charge is 0.251 e. The molecule has 23 heavy (non-hydrogen) atoms. The maximum Gasteiger partial charge on any atom is 0.251 e. The van der Waals surface area contributed by atoms with E-state index in [2.05, 4.69) is 15.3 Å². The number of amides is 1. The van der Waals surface area contributed by atoms with E-state index >= 15 is 0 Å². The monoisotopic (exact) mass is 331 g/mol. The summed E-state index contributed by atoms with van der Waals surface area (Å²) in [5, 5.41) is 2.83. The molecule has 1 heterocycles. The average molecular weight is 331 g/mol. The van der Waals surface area contributed by atoms with Gasteiger partial charge in [0.15, 0.2) is 10.9 Å². The minimum Gasteiger partial charge on any atom is -0.325 e. The van der Waals surface area contributed by atoms with Crippen LogP contribution in [0.1, 0.15) is 30.6 Å². The number of anilines is 1. The third kappa shape index (κ3) is 4.79. The van der Waals surface area contributed by atoms with Gasteiger partial charge in [-0.3, -0.25) is 14.4 Å². The molecule has 1 unspecified atom stereocenters. The molecule has 0 saturated heterocycles. The van der Waals surface area contributed by atoms with Gasteiger partial charge in [-0.15, -0.1) is 0 Å². The van der Waals surface area contributed by atoms with Crippen LogP contribution in [0, 0.1) is 0 Å². The normalized spacial score (nSPS) is 11.7. The molecule has 0 radical (unpaired) electrons. The lowest BCUT2D eigenvalue weighted by atomic mass is 10.1. The number of benzene rings is 1. The van der Waals surface area contributed by atoms with Crippen LogP contribution in [0.2, 0.25) is 0 Å².